The van der Waals surface area contributed by atoms with Crippen molar-refractivity contribution in [1.82, 2.24) is 4.90 Å². The first-order chi connectivity index (χ1) is 13.5. The molecule has 0 aromatic heterocycles. The van der Waals surface area contributed by atoms with E-state index in [1.54, 1.807) is 23.1 Å². The molecule has 0 radical (unpaired) electrons. The van der Waals surface area contributed by atoms with E-state index < -0.39 is 5.97 Å². The van der Waals surface area contributed by atoms with E-state index in [1.807, 2.05) is 36.4 Å². The third kappa shape index (κ3) is 4.88. The zero-order valence-corrected chi connectivity index (χ0v) is 15.4. The van der Waals surface area contributed by atoms with Crippen LogP contribution >= 0.6 is 0 Å². The Hall–Kier alpha value is -3.35. The second-order valence-corrected chi connectivity index (χ2v) is 6.53. The van der Waals surface area contributed by atoms with Gasteiger partial charge in [0, 0.05) is 19.5 Å². The monoisotopic (exact) mass is 382 g/mol. The lowest BCUT2D eigenvalue weighted by Crippen LogP contribution is -2.46. The second kappa shape index (κ2) is 9.03. The fourth-order valence-corrected chi connectivity index (χ4v) is 3.08. The van der Waals surface area contributed by atoms with Crippen molar-refractivity contribution in [2.45, 2.75) is 19.4 Å². The third-order valence-electron chi connectivity index (χ3n) is 4.49. The van der Waals surface area contributed by atoms with Crippen molar-refractivity contribution in [1.29, 1.82) is 0 Å². The standard InChI is InChI=1S/C21H22N2O5/c24-19(14-23-17-9-4-5-10-18(17)28-15-20(23)25)22(12-6-11-21(26)27)13-16-7-2-1-3-8-16/h1-5,7-10H,6,11-15H2,(H,26,27). The maximum absolute atomic E-state index is 13.0. The minimum absolute atomic E-state index is 0.0160. The molecule has 0 saturated heterocycles. The Bertz CT molecular complexity index is 853. The molecule has 3 rings (SSSR count). The van der Waals surface area contributed by atoms with Crippen LogP contribution in [0.3, 0.4) is 0 Å². The summed E-state index contributed by atoms with van der Waals surface area (Å²) >= 11 is 0. The van der Waals surface area contributed by atoms with Crippen molar-refractivity contribution in [3.05, 3.63) is 60.2 Å². The van der Waals surface area contributed by atoms with Crippen molar-refractivity contribution in [2.75, 3.05) is 24.6 Å². The molecule has 0 spiro atoms. The van der Waals surface area contributed by atoms with Crippen LogP contribution in [0.25, 0.3) is 0 Å². The normalized spacial score (nSPS) is 12.9. The summed E-state index contributed by atoms with van der Waals surface area (Å²) < 4.78 is 5.41. The number of carbonyl (C=O) groups is 3. The summed E-state index contributed by atoms with van der Waals surface area (Å²) in [5.41, 5.74) is 1.51. The van der Waals surface area contributed by atoms with E-state index in [0.29, 0.717) is 30.9 Å². The lowest BCUT2D eigenvalue weighted by Gasteiger charge is -2.31. The van der Waals surface area contributed by atoms with Crippen LogP contribution in [0.5, 0.6) is 5.75 Å². The summed E-state index contributed by atoms with van der Waals surface area (Å²) in [6, 6.07) is 16.6. The number of carboxylic acids is 1. The van der Waals surface area contributed by atoms with Crippen LogP contribution in [0.15, 0.2) is 54.6 Å². The summed E-state index contributed by atoms with van der Waals surface area (Å²) in [6.07, 6.45) is 0.333. The summed E-state index contributed by atoms with van der Waals surface area (Å²) in [5, 5.41) is 8.89. The topological polar surface area (TPSA) is 87.2 Å². The molecular formula is C21H22N2O5. The van der Waals surface area contributed by atoms with Crippen LogP contribution in [0.2, 0.25) is 0 Å². The zero-order chi connectivity index (χ0) is 19.9. The molecule has 1 aliphatic heterocycles. The SMILES string of the molecule is O=C(O)CCCN(Cc1ccccc1)C(=O)CN1C(=O)COc2ccccc21. The van der Waals surface area contributed by atoms with Crippen molar-refractivity contribution >= 4 is 23.5 Å². The van der Waals surface area contributed by atoms with Gasteiger partial charge in [-0.15, -0.1) is 0 Å². The van der Waals surface area contributed by atoms with Crippen LogP contribution in [-0.4, -0.2) is 47.5 Å². The Morgan fingerprint density at radius 3 is 2.54 bits per heavy atom. The van der Waals surface area contributed by atoms with Crippen LogP contribution < -0.4 is 9.64 Å². The van der Waals surface area contributed by atoms with Gasteiger partial charge >= 0.3 is 5.97 Å². The van der Waals surface area contributed by atoms with Gasteiger partial charge in [-0.05, 0) is 24.1 Å². The summed E-state index contributed by atoms with van der Waals surface area (Å²) in [6.45, 7) is 0.445. The number of nitrogens with zero attached hydrogens (tertiary/aromatic N) is 2. The zero-order valence-electron chi connectivity index (χ0n) is 15.4. The van der Waals surface area contributed by atoms with E-state index in [-0.39, 0.29) is 31.4 Å². The van der Waals surface area contributed by atoms with E-state index >= 15 is 0 Å². The molecule has 0 bridgehead atoms. The molecule has 2 aromatic rings. The minimum Gasteiger partial charge on any atom is -0.482 e. The van der Waals surface area contributed by atoms with Gasteiger partial charge in [0.05, 0.1) is 5.69 Å². The van der Waals surface area contributed by atoms with E-state index in [0.717, 1.165) is 5.56 Å². The quantitative estimate of drug-likeness (QED) is 0.757. The number of hydrogen-bond donors (Lipinski definition) is 1. The molecule has 2 amide bonds. The van der Waals surface area contributed by atoms with Gasteiger partial charge in [-0.25, -0.2) is 0 Å². The molecule has 1 aliphatic rings. The smallest absolute Gasteiger partial charge is 0.303 e. The molecule has 1 N–H and O–H groups in total. The lowest BCUT2D eigenvalue weighted by atomic mass is 10.2. The second-order valence-electron chi connectivity index (χ2n) is 6.53. The van der Waals surface area contributed by atoms with Crippen LogP contribution in [-0.2, 0) is 20.9 Å². The first-order valence-corrected chi connectivity index (χ1v) is 9.10. The third-order valence-corrected chi connectivity index (χ3v) is 4.49. The van der Waals surface area contributed by atoms with Crippen LogP contribution in [0.1, 0.15) is 18.4 Å². The molecule has 2 aromatic carbocycles. The fraction of sp³-hybridized carbons (Fsp3) is 0.286. The highest BCUT2D eigenvalue weighted by Gasteiger charge is 2.28. The van der Waals surface area contributed by atoms with E-state index in [9.17, 15) is 14.4 Å². The molecule has 0 unspecified atom stereocenters. The number of hydrogen-bond acceptors (Lipinski definition) is 4. The van der Waals surface area contributed by atoms with Gasteiger partial charge < -0.3 is 14.7 Å². The highest BCUT2D eigenvalue weighted by molar-refractivity contribution is 6.02. The Morgan fingerprint density at radius 1 is 1.07 bits per heavy atom. The van der Waals surface area contributed by atoms with Crippen molar-refractivity contribution in [3.8, 4) is 5.75 Å². The van der Waals surface area contributed by atoms with E-state index in [2.05, 4.69) is 0 Å². The molecule has 146 valence electrons. The Balaban J connectivity index is 1.74. The number of amides is 2. The van der Waals surface area contributed by atoms with Gasteiger partial charge in [-0.3, -0.25) is 19.3 Å². The van der Waals surface area contributed by atoms with E-state index in [1.165, 1.54) is 4.90 Å². The molecule has 7 nitrogen and oxygen atoms in total. The van der Waals surface area contributed by atoms with Gasteiger partial charge in [0.25, 0.3) is 5.91 Å². The summed E-state index contributed by atoms with van der Waals surface area (Å²) in [4.78, 5) is 39.2. The Kier molecular flexibility index (Phi) is 6.26. The molecule has 0 atom stereocenters. The average molecular weight is 382 g/mol. The Labute approximate surface area is 163 Å². The van der Waals surface area contributed by atoms with Gasteiger partial charge in [0.2, 0.25) is 5.91 Å². The molecule has 0 saturated carbocycles. The highest BCUT2D eigenvalue weighted by Crippen LogP contribution is 2.31. The maximum atomic E-state index is 13.0. The van der Waals surface area contributed by atoms with Gasteiger partial charge in [-0.1, -0.05) is 42.5 Å². The predicted octanol–water partition coefficient (Wildman–Crippen LogP) is 2.31. The van der Waals surface area contributed by atoms with Gasteiger partial charge in [-0.2, -0.15) is 0 Å². The van der Waals surface area contributed by atoms with E-state index in [4.69, 9.17) is 9.84 Å². The molecular weight excluding hydrogens is 360 g/mol. The van der Waals surface area contributed by atoms with Gasteiger partial charge in [0.1, 0.15) is 12.3 Å². The number of benzene rings is 2. The molecule has 28 heavy (non-hydrogen) atoms. The van der Waals surface area contributed by atoms with Crippen molar-refractivity contribution in [2.24, 2.45) is 0 Å². The van der Waals surface area contributed by atoms with Crippen LogP contribution in [0.4, 0.5) is 5.69 Å². The number of para-hydroxylation sites is 2. The number of anilines is 1. The summed E-state index contributed by atoms with van der Waals surface area (Å²) in [7, 11) is 0. The first-order valence-electron chi connectivity index (χ1n) is 9.10. The number of carbonyl (C=O) groups excluding carboxylic acids is 2. The largest absolute Gasteiger partial charge is 0.482 e. The lowest BCUT2D eigenvalue weighted by molar-refractivity contribution is -0.138. The maximum Gasteiger partial charge on any atom is 0.303 e. The number of aliphatic carboxylic acids is 1. The van der Waals surface area contributed by atoms with Crippen molar-refractivity contribution in [3.63, 3.8) is 0 Å². The van der Waals surface area contributed by atoms with Gasteiger partial charge in [0.15, 0.2) is 6.61 Å². The molecule has 0 fully saturated rings. The average Bonchev–Trinajstić information content (AvgIpc) is 2.70. The fourth-order valence-electron chi connectivity index (χ4n) is 3.08. The Morgan fingerprint density at radius 2 is 1.79 bits per heavy atom. The first kappa shape index (κ1) is 19.4. The van der Waals surface area contributed by atoms with Crippen LogP contribution in [0, 0.1) is 0 Å². The van der Waals surface area contributed by atoms with Crippen molar-refractivity contribution < 1.29 is 24.2 Å². The minimum atomic E-state index is -0.899. The number of ether oxygens (including phenoxy) is 1. The highest BCUT2D eigenvalue weighted by atomic mass is 16.5. The number of carboxylic acid groups (broad SMARTS) is 1. The summed E-state index contributed by atoms with van der Waals surface area (Å²) in [5.74, 6) is -0.851. The predicted molar refractivity (Wildman–Crippen MR) is 103 cm³/mol. The molecule has 1 heterocycles. The molecule has 7 heteroatoms. The number of fused-ring (bicyclic) bond motifs is 1. The number of rotatable bonds is 8. The molecule has 0 aliphatic carbocycles.